The Balaban J connectivity index is 1.71. The second-order valence-electron chi connectivity index (χ2n) is 5.24. The SMILES string of the molecule is Cc1ccc(C)n1CCC(=O)NCCc1ccc(F)cc1. The first-order chi connectivity index (χ1) is 10.1. The van der Waals surface area contributed by atoms with Gasteiger partial charge in [0.05, 0.1) is 0 Å². The van der Waals surface area contributed by atoms with Crippen LogP contribution in [-0.4, -0.2) is 17.0 Å². The number of benzene rings is 1. The van der Waals surface area contributed by atoms with Crippen molar-refractivity contribution in [2.75, 3.05) is 6.54 Å². The molecule has 3 nitrogen and oxygen atoms in total. The number of aromatic nitrogens is 1. The summed E-state index contributed by atoms with van der Waals surface area (Å²) in [5.74, 6) is -0.190. The molecule has 21 heavy (non-hydrogen) atoms. The summed E-state index contributed by atoms with van der Waals surface area (Å²) in [5, 5.41) is 2.90. The molecule has 1 heterocycles. The molecule has 0 atom stereocenters. The Kier molecular flexibility index (Phi) is 5.14. The van der Waals surface area contributed by atoms with E-state index in [0.29, 0.717) is 25.9 Å². The van der Waals surface area contributed by atoms with E-state index >= 15 is 0 Å². The van der Waals surface area contributed by atoms with Crippen LogP contribution in [0.5, 0.6) is 0 Å². The fourth-order valence-corrected chi connectivity index (χ4v) is 2.35. The Labute approximate surface area is 124 Å². The molecule has 0 saturated heterocycles. The predicted octanol–water partition coefficient (Wildman–Crippen LogP) is 2.99. The number of rotatable bonds is 6. The molecule has 0 unspecified atom stereocenters. The molecule has 0 fully saturated rings. The van der Waals surface area contributed by atoms with Crippen LogP contribution in [0.4, 0.5) is 4.39 Å². The summed E-state index contributed by atoms with van der Waals surface area (Å²) >= 11 is 0. The Morgan fingerprint density at radius 2 is 1.71 bits per heavy atom. The number of hydrogen-bond acceptors (Lipinski definition) is 1. The lowest BCUT2D eigenvalue weighted by Crippen LogP contribution is -2.26. The van der Waals surface area contributed by atoms with Gasteiger partial charge in [0.15, 0.2) is 0 Å². The molecule has 0 aliphatic carbocycles. The minimum absolute atomic E-state index is 0.0459. The van der Waals surface area contributed by atoms with E-state index in [0.717, 1.165) is 5.56 Å². The highest BCUT2D eigenvalue weighted by molar-refractivity contribution is 5.75. The lowest BCUT2D eigenvalue weighted by Gasteiger charge is -2.09. The third-order valence-corrected chi connectivity index (χ3v) is 3.63. The van der Waals surface area contributed by atoms with Crippen molar-refractivity contribution in [3.63, 3.8) is 0 Å². The first kappa shape index (κ1) is 15.3. The lowest BCUT2D eigenvalue weighted by atomic mass is 10.1. The molecule has 2 aromatic rings. The van der Waals surface area contributed by atoms with Crippen LogP contribution in [0.25, 0.3) is 0 Å². The molecular weight excluding hydrogens is 267 g/mol. The van der Waals surface area contributed by atoms with Crippen LogP contribution in [0.15, 0.2) is 36.4 Å². The van der Waals surface area contributed by atoms with Gasteiger partial charge in [0, 0.05) is 30.9 Å². The number of halogens is 1. The molecule has 0 saturated carbocycles. The smallest absolute Gasteiger partial charge is 0.221 e. The first-order valence-corrected chi connectivity index (χ1v) is 7.20. The molecule has 0 aliphatic rings. The van der Waals surface area contributed by atoms with E-state index in [9.17, 15) is 9.18 Å². The molecular formula is C17H21FN2O. The third kappa shape index (κ3) is 4.45. The van der Waals surface area contributed by atoms with Crippen molar-refractivity contribution in [1.82, 2.24) is 9.88 Å². The van der Waals surface area contributed by atoms with E-state index in [4.69, 9.17) is 0 Å². The third-order valence-electron chi connectivity index (χ3n) is 3.63. The summed E-state index contributed by atoms with van der Waals surface area (Å²) in [6.45, 7) is 5.36. The number of aryl methyl sites for hydroxylation is 2. The van der Waals surface area contributed by atoms with Gasteiger partial charge in [0.2, 0.25) is 5.91 Å². The summed E-state index contributed by atoms with van der Waals surface area (Å²) in [5.41, 5.74) is 3.37. The van der Waals surface area contributed by atoms with Gasteiger partial charge < -0.3 is 9.88 Å². The summed E-state index contributed by atoms with van der Waals surface area (Å²) in [7, 11) is 0. The topological polar surface area (TPSA) is 34.0 Å². The van der Waals surface area contributed by atoms with Gasteiger partial charge in [0.25, 0.3) is 0 Å². The number of nitrogens with one attached hydrogen (secondary N) is 1. The minimum Gasteiger partial charge on any atom is -0.356 e. The van der Waals surface area contributed by atoms with Crippen molar-refractivity contribution < 1.29 is 9.18 Å². The quantitative estimate of drug-likeness (QED) is 0.871. The predicted molar refractivity (Wildman–Crippen MR) is 81.6 cm³/mol. The van der Waals surface area contributed by atoms with E-state index < -0.39 is 0 Å². The molecule has 1 amide bonds. The maximum Gasteiger partial charge on any atom is 0.221 e. The maximum absolute atomic E-state index is 12.8. The van der Waals surface area contributed by atoms with Crippen molar-refractivity contribution in [3.05, 3.63) is 59.2 Å². The molecule has 0 spiro atoms. The summed E-state index contributed by atoms with van der Waals surface area (Å²) < 4.78 is 14.9. The Morgan fingerprint density at radius 3 is 2.33 bits per heavy atom. The average molecular weight is 288 g/mol. The van der Waals surface area contributed by atoms with Crippen molar-refractivity contribution in [3.8, 4) is 0 Å². The highest BCUT2D eigenvalue weighted by Gasteiger charge is 2.05. The Morgan fingerprint density at radius 1 is 1.10 bits per heavy atom. The molecule has 1 aromatic heterocycles. The molecule has 1 N–H and O–H groups in total. The lowest BCUT2D eigenvalue weighted by molar-refractivity contribution is -0.121. The van der Waals surface area contributed by atoms with Crippen LogP contribution in [0.1, 0.15) is 23.4 Å². The summed E-state index contributed by atoms with van der Waals surface area (Å²) in [4.78, 5) is 11.8. The minimum atomic E-state index is -0.236. The molecule has 112 valence electrons. The summed E-state index contributed by atoms with van der Waals surface area (Å²) in [6, 6.07) is 10.5. The van der Waals surface area contributed by atoms with E-state index in [2.05, 4.69) is 22.0 Å². The van der Waals surface area contributed by atoms with Gasteiger partial charge in [-0.05, 0) is 50.1 Å². The zero-order valence-electron chi connectivity index (χ0n) is 12.5. The van der Waals surface area contributed by atoms with Crippen molar-refractivity contribution >= 4 is 5.91 Å². The van der Waals surface area contributed by atoms with Crippen LogP contribution in [0, 0.1) is 19.7 Å². The number of nitrogens with zero attached hydrogens (tertiary/aromatic N) is 1. The normalized spacial score (nSPS) is 10.6. The average Bonchev–Trinajstić information content (AvgIpc) is 2.78. The van der Waals surface area contributed by atoms with Crippen LogP contribution >= 0.6 is 0 Å². The molecule has 4 heteroatoms. The largest absolute Gasteiger partial charge is 0.356 e. The van der Waals surface area contributed by atoms with Gasteiger partial charge in [-0.3, -0.25) is 4.79 Å². The second kappa shape index (κ2) is 7.07. The number of amides is 1. The second-order valence-corrected chi connectivity index (χ2v) is 5.24. The first-order valence-electron chi connectivity index (χ1n) is 7.20. The monoisotopic (exact) mass is 288 g/mol. The summed E-state index contributed by atoms with van der Waals surface area (Å²) in [6.07, 6.45) is 1.19. The molecule has 0 bridgehead atoms. The fraction of sp³-hybridized carbons (Fsp3) is 0.353. The molecule has 0 aliphatic heterocycles. The number of hydrogen-bond donors (Lipinski definition) is 1. The molecule has 2 rings (SSSR count). The van der Waals surface area contributed by atoms with Gasteiger partial charge in [-0.1, -0.05) is 12.1 Å². The van der Waals surface area contributed by atoms with E-state index in [1.807, 2.05) is 13.8 Å². The van der Waals surface area contributed by atoms with Crippen LogP contribution in [0.2, 0.25) is 0 Å². The van der Waals surface area contributed by atoms with Gasteiger partial charge in [-0.2, -0.15) is 0 Å². The van der Waals surface area contributed by atoms with Crippen LogP contribution < -0.4 is 5.32 Å². The Hall–Kier alpha value is -2.10. The van der Waals surface area contributed by atoms with E-state index in [1.54, 1.807) is 12.1 Å². The van der Waals surface area contributed by atoms with E-state index in [-0.39, 0.29) is 11.7 Å². The van der Waals surface area contributed by atoms with Crippen molar-refractivity contribution in [2.45, 2.75) is 33.2 Å². The van der Waals surface area contributed by atoms with E-state index in [1.165, 1.54) is 23.5 Å². The highest BCUT2D eigenvalue weighted by atomic mass is 19.1. The van der Waals surface area contributed by atoms with Gasteiger partial charge in [-0.15, -0.1) is 0 Å². The zero-order chi connectivity index (χ0) is 15.2. The molecule has 1 aromatic carbocycles. The number of carbonyl (C=O) groups excluding carboxylic acids is 1. The van der Waals surface area contributed by atoms with Crippen LogP contribution in [-0.2, 0) is 17.8 Å². The van der Waals surface area contributed by atoms with Crippen molar-refractivity contribution in [2.24, 2.45) is 0 Å². The Bertz CT molecular complexity index is 582. The maximum atomic E-state index is 12.8. The number of carbonyl (C=O) groups is 1. The van der Waals surface area contributed by atoms with Crippen LogP contribution in [0.3, 0.4) is 0 Å². The highest BCUT2D eigenvalue weighted by Crippen LogP contribution is 2.07. The van der Waals surface area contributed by atoms with Crippen molar-refractivity contribution in [1.29, 1.82) is 0 Å². The zero-order valence-corrected chi connectivity index (χ0v) is 12.5. The standard InChI is InChI=1S/C17H21FN2O/c1-13-3-4-14(2)20(13)12-10-17(21)19-11-9-15-5-7-16(18)8-6-15/h3-8H,9-12H2,1-2H3,(H,19,21). The van der Waals surface area contributed by atoms with Gasteiger partial charge >= 0.3 is 0 Å². The molecule has 0 radical (unpaired) electrons. The van der Waals surface area contributed by atoms with Gasteiger partial charge in [-0.25, -0.2) is 4.39 Å². The fourth-order valence-electron chi connectivity index (χ4n) is 2.35. The van der Waals surface area contributed by atoms with Gasteiger partial charge in [0.1, 0.15) is 5.82 Å².